The van der Waals surface area contributed by atoms with E-state index < -0.39 is 27.5 Å². The lowest BCUT2D eigenvalue weighted by molar-refractivity contribution is -0.190. The number of ether oxygens (including phenoxy) is 1. The lowest BCUT2D eigenvalue weighted by atomic mass is 10.0. The van der Waals surface area contributed by atoms with Crippen LogP contribution in [0.3, 0.4) is 0 Å². The van der Waals surface area contributed by atoms with Gasteiger partial charge >= 0.3 is 6.18 Å². The van der Waals surface area contributed by atoms with Gasteiger partial charge in [0, 0.05) is 24.5 Å². The summed E-state index contributed by atoms with van der Waals surface area (Å²) in [6.07, 6.45) is 4.39. The van der Waals surface area contributed by atoms with E-state index in [1.54, 1.807) is 6.92 Å². The average Bonchev–Trinajstić information content (AvgIpc) is 3.46. The van der Waals surface area contributed by atoms with Crippen LogP contribution in [0.1, 0.15) is 43.0 Å². The number of rotatable bonds is 11. The van der Waals surface area contributed by atoms with E-state index in [1.165, 1.54) is 47.3 Å². The Morgan fingerprint density at radius 2 is 2.11 bits per heavy atom. The van der Waals surface area contributed by atoms with Crippen molar-refractivity contribution in [1.29, 1.82) is 0 Å². The van der Waals surface area contributed by atoms with Crippen molar-refractivity contribution in [1.82, 2.24) is 19.5 Å². The summed E-state index contributed by atoms with van der Waals surface area (Å²) in [6, 6.07) is 2.75. The number of pyridine rings is 1. The van der Waals surface area contributed by atoms with Crippen LogP contribution in [0.4, 0.5) is 13.2 Å². The van der Waals surface area contributed by atoms with Crippen LogP contribution in [0, 0.1) is 5.41 Å². The molecule has 1 fully saturated rings. The van der Waals surface area contributed by atoms with Crippen LogP contribution in [-0.2, 0) is 10.0 Å². The number of carbonyl (C=O) groups is 1. The monoisotopic (exact) mass is 544 g/mol. The van der Waals surface area contributed by atoms with Crippen LogP contribution in [0.2, 0.25) is 5.02 Å². The van der Waals surface area contributed by atoms with Crippen molar-refractivity contribution in [3.8, 4) is 11.7 Å². The van der Waals surface area contributed by atoms with Crippen LogP contribution in [-0.4, -0.2) is 41.9 Å². The fourth-order valence-electron chi connectivity index (χ4n) is 3.27. The molecule has 3 rings (SSSR count). The third-order valence-electron chi connectivity index (χ3n) is 5.52. The molecule has 0 bridgehead atoms. The van der Waals surface area contributed by atoms with E-state index in [2.05, 4.69) is 16.7 Å². The molecule has 0 spiro atoms. The molecule has 0 aromatic carbocycles. The van der Waals surface area contributed by atoms with Crippen LogP contribution < -0.4 is 9.46 Å². The second-order valence-corrected chi connectivity index (χ2v) is 10.2. The van der Waals surface area contributed by atoms with E-state index in [4.69, 9.17) is 16.3 Å². The quantitative estimate of drug-likeness (QED) is 0.311. The van der Waals surface area contributed by atoms with Crippen molar-refractivity contribution in [2.45, 2.75) is 38.8 Å². The third-order valence-corrected chi connectivity index (χ3v) is 7.21. The molecule has 8 nitrogen and oxygen atoms in total. The highest BCUT2D eigenvalue weighted by Crippen LogP contribution is 2.59. The second-order valence-electron chi connectivity index (χ2n) is 8.06. The number of hydrogen-bond acceptors (Lipinski definition) is 6. The zero-order chi connectivity index (χ0) is 26.6. The van der Waals surface area contributed by atoms with Crippen LogP contribution in [0.5, 0.6) is 5.88 Å². The Labute approximate surface area is 211 Å². The summed E-state index contributed by atoms with van der Waals surface area (Å²) in [7, 11) is -4.17. The molecule has 36 heavy (non-hydrogen) atoms. The van der Waals surface area contributed by atoms with Crippen molar-refractivity contribution >= 4 is 27.5 Å². The third kappa shape index (κ3) is 6.35. The number of aromatic nitrogens is 3. The van der Waals surface area contributed by atoms with Gasteiger partial charge in [-0.1, -0.05) is 29.8 Å². The zero-order valence-corrected chi connectivity index (χ0v) is 20.8. The Morgan fingerprint density at radius 3 is 2.69 bits per heavy atom. The highest BCUT2D eigenvalue weighted by atomic mass is 35.5. The van der Waals surface area contributed by atoms with Gasteiger partial charge in [0.1, 0.15) is 0 Å². The first kappa shape index (κ1) is 27.5. The molecule has 1 aliphatic carbocycles. The maximum Gasteiger partial charge on any atom is 0.394 e. The number of alkyl halides is 3. The van der Waals surface area contributed by atoms with Gasteiger partial charge in [0.05, 0.1) is 27.5 Å². The van der Waals surface area contributed by atoms with Crippen LogP contribution in [0.25, 0.3) is 5.82 Å². The molecule has 0 atom stereocenters. The Balaban J connectivity index is 1.67. The molecule has 0 saturated heterocycles. The van der Waals surface area contributed by atoms with Gasteiger partial charge in [-0.05, 0) is 38.7 Å². The highest BCUT2D eigenvalue weighted by Gasteiger charge is 2.62. The predicted molar refractivity (Wildman–Crippen MR) is 128 cm³/mol. The lowest BCUT2D eigenvalue weighted by Gasteiger charge is -2.18. The Hall–Kier alpha value is -3.12. The molecule has 1 aliphatic rings. The van der Waals surface area contributed by atoms with E-state index in [0.29, 0.717) is 0 Å². The zero-order valence-electron chi connectivity index (χ0n) is 19.3. The molecule has 0 radical (unpaired) electrons. The summed E-state index contributed by atoms with van der Waals surface area (Å²) in [4.78, 5) is 16.6. The minimum Gasteiger partial charge on any atom is -0.477 e. The van der Waals surface area contributed by atoms with Gasteiger partial charge < -0.3 is 4.74 Å². The maximum atomic E-state index is 13.0. The van der Waals surface area contributed by atoms with Gasteiger partial charge in [-0.2, -0.15) is 13.2 Å². The molecular weight excluding hydrogens is 521 g/mol. The van der Waals surface area contributed by atoms with Gasteiger partial charge in [-0.3, -0.25) is 4.79 Å². The highest BCUT2D eigenvalue weighted by molar-refractivity contribution is 7.94. The van der Waals surface area contributed by atoms with Crippen molar-refractivity contribution in [2.75, 3.05) is 6.61 Å². The molecule has 194 valence electrons. The first-order valence-electron chi connectivity index (χ1n) is 10.8. The van der Waals surface area contributed by atoms with Crippen LogP contribution >= 0.6 is 11.6 Å². The molecule has 2 aromatic heterocycles. The van der Waals surface area contributed by atoms with Gasteiger partial charge in [-0.15, -0.1) is 11.7 Å². The predicted octanol–water partition coefficient (Wildman–Crippen LogP) is 5.13. The van der Waals surface area contributed by atoms with Crippen molar-refractivity contribution < 1.29 is 31.1 Å². The lowest BCUT2D eigenvalue weighted by Crippen LogP contribution is -2.31. The van der Waals surface area contributed by atoms with E-state index in [9.17, 15) is 26.4 Å². The second kappa shape index (κ2) is 10.9. The van der Waals surface area contributed by atoms with Crippen molar-refractivity contribution in [2.24, 2.45) is 5.41 Å². The number of amides is 1. The molecule has 0 aliphatic heterocycles. The van der Waals surface area contributed by atoms with Crippen LogP contribution in [0.15, 0.2) is 60.3 Å². The minimum atomic E-state index is -4.25. The van der Waals surface area contributed by atoms with E-state index in [-0.39, 0.29) is 59.5 Å². The van der Waals surface area contributed by atoms with E-state index in [1.807, 2.05) is 4.72 Å². The number of halogens is 4. The number of carbonyl (C=O) groups excluding carboxylic acids is 1. The number of nitrogens with zero attached hydrogens (tertiary/aromatic N) is 3. The fraction of sp³-hybridized carbons (Fsp3) is 0.348. The maximum absolute atomic E-state index is 13.0. The fourth-order valence-corrected chi connectivity index (χ4v) is 4.60. The Morgan fingerprint density at radius 1 is 1.39 bits per heavy atom. The SMILES string of the molecule is C=CC/C=C(\C=C/C)S(=O)(=O)NC(=O)c1cnc(-n2ccc(OCCC3(C(F)(F)F)CC3)n2)cc1Cl. The molecule has 1 saturated carbocycles. The largest absolute Gasteiger partial charge is 0.477 e. The summed E-state index contributed by atoms with van der Waals surface area (Å²) in [5.41, 5.74) is -1.85. The first-order chi connectivity index (χ1) is 16.9. The van der Waals surface area contributed by atoms with Crippen molar-refractivity contribution in [3.05, 3.63) is 70.9 Å². The molecule has 1 N–H and O–H groups in total. The summed E-state index contributed by atoms with van der Waals surface area (Å²) in [5.74, 6) is -0.693. The van der Waals surface area contributed by atoms with Gasteiger partial charge in [0.25, 0.3) is 15.9 Å². The molecule has 0 unspecified atom stereocenters. The first-order valence-corrected chi connectivity index (χ1v) is 12.7. The van der Waals surface area contributed by atoms with Gasteiger partial charge in [0.2, 0.25) is 5.88 Å². The Bertz CT molecular complexity index is 1300. The van der Waals surface area contributed by atoms with Crippen molar-refractivity contribution in [3.63, 3.8) is 0 Å². The van der Waals surface area contributed by atoms with Gasteiger partial charge in [-0.25, -0.2) is 22.8 Å². The van der Waals surface area contributed by atoms with E-state index >= 15 is 0 Å². The topological polar surface area (TPSA) is 103 Å². The smallest absolute Gasteiger partial charge is 0.394 e. The number of nitrogens with one attached hydrogen (secondary N) is 1. The summed E-state index contributed by atoms with van der Waals surface area (Å²) < 4.78 is 72.8. The number of hydrogen-bond donors (Lipinski definition) is 1. The standard InChI is InChI=1S/C23H24ClF3N4O4S/c1-3-5-7-16(6-4-2)36(33,34)30-21(32)17-15-28-19(14-18(17)24)31-12-8-20(29-31)35-13-11-22(9-10-22)23(25,26)27/h3-4,6-8,12,14-15H,1,5,9-11,13H2,2H3,(H,30,32)/b6-4-,16-7+. The molecule has 1 amide bonds. The summed E-state index contributed by atoms with van der Waals surface area (Å²) in [5, 5.41) is 4.01. The van der Waals surface area contributed by atoms with Gasteiger partial charge in [0.15, 0.2) is 5.82 Å². The molecule has 2 heterocycles. The Kier molecular flexibility index (Phi) is 8.29. The number of allylic oxidation sites excluding steroid dienone is 4. The summed E-state index contributed by atoms with van der Waals surface area (Å²) >= 11 is 6.20. The number of sulfonamides is 1. The molecule has 13 heteroatoms. The normalized spacial score (nSPS) is 15.6. The van der Waals surface area contributed by atoms with E-state index in [0.717, 1.165) is 6.20 Å². The average molecular weight is 545 g/mol. The minimum absolute atomic E-state index is 0.0887. The summed E-state index contributed by atoms with van der Waals surface area (Å²) in [6.45, 7) is 5.02. The molecular formula is C23H24ClF3N4O4S. The molecule has 2 aromatic rings.